The molecule has 0 saturated carbocycles. The highest BCUT2D eigenvalue weighted by molar-refractivity contribution is 5.68. The zero-order valence-corrected chi connectivity index (χ0v) is 10.1. The largest absolute Gasteiger partial charge is 0.485 e. The number of fused-ring (bicyclic) bond motifs is 1. The molecule has 1 aliphatic rings. The summed E-state index contributed by atoms with van der Waals surface area (Å²) in [5.41, 5.74) is 1.40. The van der Waals surface area contributed by atoms with E-state index in [-0.39, 0.29) is 5.60 Å². The van der Waals surface area contributed by atoms with Gasteiger partial charge in [0, 0.05) is 12.0 Å². The van der Waals surface area contributed by atoms with E-state index in [9.17, 15) is 4.79 Å². The Morgan fingerprint density at radius 1 is 1.47 bits per heavy atom. The van der Waals surface area contributed by atoms with Gasteiger partial charge in [-0.15, -0.1) is 5.11 Å². The summed E-state index contributed by atoms with van der Waals surface area (Å²) in [6.07, 6.45) is 0.101. The van der Waals surface area contributed by atoms with Gasteiger partial charge in [0.2, 0.25) is 0 Å². The van der Waals surface area contributed by atoms with Gasteiger partial charge in [0.1, 0.15) is 11.3 Å². The number of carbonyl (C=O) groups is 1. The number of azo groups is 1. The molecule has 2 rings (SSSR count). The molecule has 90 valence electrons. The first kappa shape index (κ1) is 11.6. The van der Waals surface area contributed by atoms with Gasteiger partial charge >= 0.3 is 6.09 Å². The van der Waals surface area contributed by atoms with Crippen LogP contribution >= 0.6 is 0 Å². The maximum atomic E-state index is 10.9. The Bertz CT molecular complexity index is 481. The van der Waals surface area contributed by atoms with Crippen LogP contribution in [-0.4, -0.2) is 18.8 Å². The minimum absolute atomic E-state index is 0.237. The van der Waals surface area contributed by atoms with Crippen LogP contribution in [0.25, 0.3) is 0 Å². The van der Waals surface area contributed by atoms with Gasteiger partial charge in [-0.3, -0.25) is 0 Å². The van der Waals surface area contributed by atoms with Crippen molar-refractivity contribution in [1.29, 1.82) is 0 Å². The predicted molar refractivity (Wildman–Crippen MR) is 61.8 cm³/mol. The average molecular weight is 234 g/mol. The molecule has 0 saturated heterocycles. The summed E-state index contributed by atoms with van der Waals surface area (Å²) >= 11 is 0. The van der Waals surface area contributed by atoms with E-state index in [0.717, 1.165) is 12.0 Å². The zero-order valence-electron chi connectivity index (χ0n) is 10.1. The van der Waals surface area contributed by atoms with E-state index in [0.29, 0.717) is 11.4 Å². The van der Waals surface area contributed by atoms with Crippen LogP contribution in [0.3, 0.4) is 0 Å². The summed E-state index contributed by atoms with van der Waals surface area (Å²) in [5, 5.41) is 7.26. The lowest BCUT2D eigenvalue weighted by molar-refractivity contribution is 0.139. The van der Waals surface area contributed by atoms with E-state index >= 15 is 0 Å². The third-order valence-electron chi connectivity index (χ3n) is 2.48. The number of rotatable bonds is 1. The van der Waals surface area contributed by atoms with Crippen LogP contribution in [0.2, 0.25) is 0 Å². The summed E-state index contributed by atoms with van der Waals surface area (Å²) in [7, 11) is 1.26. The molecule has 0 aromatic heterocycles. The highest BCUT2D eigenvalue weighted by atomic mass is 16.5. The summed E-state index contributed by atoms with van der Waals surface area (Å²) in [5.74, 6) is 0.699. The lowest BCUT2D eigenvalue weighted by Gasteiger charge is -2.17. The Kier molecular flexibility index (Phi) is 2.83. The smallest absolute Gasteiger partial charge is 0.452 e. The maximum Gasteiger partial charge on any atom is 0.452 e. The Hall–Kier alpha value is -1.91. The fraction of sp³-hybridized carbons (Fsp3) is 0.417. The number of nitrogens with zero attached hydrogens (tertiary/aromatic N) is 2. The Balaban J connectivity index is 2.30. The topological polar surface area (TPSA) is 60.2 Å². The summed E-state index contributed by atoms with van der Waals surface area (Å²) in [4.78, 5) is 10.9. The summed E-state index contributed by atoms with van der Waals surface area (Å²) in [6.45, 7) is 4.02. The molecule has 1 heterocycles. The van der Waals surface area contributed by atoms with Gasteiger partial charge in [-0.1, -0.05) is 17.2 Å². The van der Waals surface area contributed by atoms with E-state index < -0.39 is 6.09 Å². The van der Waals surface area contributed by atoms with E-state index in [1.165, 1.54) is 7.11 Å². The molecule has 0 spiro atoms. The molecule has 5 nitrogen and oxygen atoms in total. The molecular weight excluding hydrogens is 220 g/mol. The van der Waals surface area contributed by atoms with Crippen molar-refractivity contribution < 1.29 is 14.3 Å². The van der Waals surface area contributed by atoms with Crippen molar-refractivity contribution in [3.8, 4) is 5.75 Å². The van der Waals surface area contributed by atoms with Crippen LogP contribution in [0.5, 0.6) is 5.75 Å². The van der Waals surface area contributed by atoms with E-state index in [2.05, 4.69) is 15.0 Å². The normalized spacial score (nSPS) is 16.6. The number of ether oxygens (including phenoxy) is 2. The molecule has 1 aliphatic heterocycles. The SMILES string of the molecule is COC(=O)N=Nc1cccc2c1OC(C)(C)C2. The summed E-state index contributed by atoms with van der Waals surface area (Å²) < 4.78 is 10.2. The second-order valence-corrected chi connectivity index (χ2v) is 4.47. The van der Waals surface area contributed by atoms with Crippen molar-refractivity contribution in [2.75, 3.05) is 7.11 Å². The van der Waals surface area contributed by atoms with Gasteiger partial charge in [0.05, 0.1) is 7.11 Å². The van der Waals surface area contributed by atoms with Gasteiger partial charge in [-0.25, -0.2) is 4.79 Å². The minimum Gasteiger partial charge on any atom is -0.485 e. The molecule has 0 N–H and O–H groups in total. The quantitative estimate of drug-likeness (QED) is 0.701. The Labute approximate surface area is 99.5 Å². The second kappa shape index (κ2) is 4.16. The lowest BCUT2D eigenvalue weighted by Crippen LogP contribution is -2.24. The summed E-state index contributed by atoms with van der Waals surface area (Å²) in [6, 6.07) is 5.61. The van der Waals surface area contributed by atoms with Gasteiger partial charge in [-0.2, -0.15) is 0 Å². The number of hydrogen-bond acceptors (Lipinski definition) is 4. The molecule has 0 fully saturated rings. The van der Waals surface area contributed by atoms with Crippen molar-refractivity contribution >= 4 is 11.8 Å². The number of carbonyl (C=O) groups excluding carboxylic acids is 1. The minimum atomic E-state index is -0.722. The van der Waals surface area contributed by atoms with E-state index in [1.807, 2.05) is 26.0 Å². The number of methoxy groups -OCH3 is 1. The van der Waals surface area contributed by atoms with E-state index in [1.54, 1.807) is 6.07 Å². The fourth-order valence-corrected chi connectivity index (χ4v) is 1.81. The number of hydrogen-bond donors (Lipinski definition) is 0. The number of para-hydroxylation sites is 1. The monoisotopic (exact) mass is 234 g/mol. The molecule has 1 amide bonds. The Morgan fingerprint density at radius 3 is 2.94 bits per heavy atom. The van der Waals surface area contributed by atoms with Crippen molar-refractivity contribution in [3.05, 3.63) is 23.8 Å². The van der Waals surface area contributed by atoms with Crippen LogP contribution in [-0.2, 0) is 11.2 Å². The molecule has 17 heavy (non-hydrogen) atoms. The maximum absolute atomic E-state index is 10.9. The lowest BCUT2D eigenvalue weighted by atomic mass is 10.0. The Morgan fingerprint density at radius 2 is 2.24 bits per heavy atom. The first-order chi connectivity index (χ1) is 8.02. The van der Waals surface area contributed by atoms with Crippen LogP contribution in [0.4, 0.5) is 10.5 Å². The third-order valence-corrected chi connectivity index (χ3v) is 2.48. The predicted octanol–water partition coefficient (Wildman–Crippen LogP) is 3.25. The molecule has 0 radical (unpaired) electrons. The van der Waals surface area contributed by atoms with Crippen LogP contribution in [0, 0.1) is 0 Å². The number of amides is 1. The van der Waals surface area contributed by atoms with Crippen molar-refractivity contribution in [1.82, 2.24) is 0 Å². The average Bonchev–Trinajstić information content (AvgIpc) is 2.60. The fourth-order valence-electron chi connectivity index (χ4n) is 1.81. The second-order valence-electron chi connectivity index (χ2n) is 4.47. The van der Waals surface area contributed by atoms with Crippen LogP contribution < -0.4 is 4.74 Å². The van der Waals surface area contributed by atoms with E-state index in [4.69, 9.17) is 4.74 Å². The van der Waals surface area contributed by atoms with Crippen LogP contribution in [0.15, 0.2) is 28.4 Å². The molecule has 0 unspecified atom stereocenters. The van der Waals surface area contributed by atoms with Gasteiger partial charge < -0.3 is 9.47 Å². The first-order valence-electron chi connectivity index (χ1n) is 5.32. The zero-order chi connectivity index (χ0) is 12.5. The third kappa shape index (κ3) is 2.43. The molecule has 0 aliphatic carbocycles. The first-order valence-corrected chi connectivity index (χ1v) is 5.32. The number of benzene rings is 1. The highest BCUT2D eigenvalue weighted by Gasteiger charge is 2.31. The van der Waals surface area contributed by atoms with Gasteiger partial charge in [0.25, 0.3) is 0 Å². The van der Waals surface area contributed by atoms with Crippen molar-refractivity contribution in [3.63, 3.8) is 0 Å². The molecule has 1 aromatic carbocycles. The molecular formula is C12H14N2O3. The van der Waals surface area contributed by atoms with Crippen LogP contribution in [0.1, 0.15) is 19.4 Å². The molecule has 1 aromatic rings. The highest BCUT2D eigenvalue weighted by Crippen LogP contribution is 2.41. The van der Waals surface area contributed by atoms with Gasteiger partial charge in [-0.05, 0) is 19.9 Å². The van der Waals surface area contributed by atoms with Crippen molar-refractivity contribution in [2.24, 2.45) is 10.2 Å². The molecule has 5 heteroatoms. The van der Waals surface area contributed by atoms with Crippen molar-refractivity contribution in [2.45, 2.75) is 25.9 Å². The molecule has 0 bridgehead atoms. The molecule has 0 atom stereocenters. The standard InChI is InChI=1S/C12H14N2O3/c1-12(2)7-8-5-4-6-9(10(8)17-12)13-14-11(15)16-3/h4-6H,7H2,1-3H3. The van der Waals surface area contributed by atoms with Gasteiger partial charge in [0.15, 0.2) is 5.75 Å².